The van der Waals surface area contributed by atoms with Crippen molar-refractivity contribution in [3.63, 3.8) is 0 Å². The normalized spacial score (nSPS) is 24.3. The Bertz CT molecular complexity index is 444. The van der Waals surface area contributed by atoms with Crippen LogP contribution in [0, 0.1) is 0 Å². The smallest absolute Gasteiger partial charge is 0.309 e. The summed E-state index contributed by atoms with van der Waals surface area (Å²) in [6.07, 6.45) is 3.88. The van der Waals surface area contributed by atoms with Crippen LogP contribution in [0.4, 0.5) is 5.13 Å². The fourth-order valence-electron chi connectivity index (χ4n) is 2.46. The number of nitrogens with zero attached hydrogens (tertiary/aromatic N) is 2. The molecule has 1 saturated heterocycles. The van der Waals surface area contributed by atoms with Crippen molar-refractivity contribution in [2.24, 2.45) is 0 Å². The van der Waals surface area contributed by atoms with Crippen molar-refractivity contribution < 1.29 is 9.90 Å². The van der Waals surface area contributed by atoms with E-state index in [-0.39, 0.29) is 6.42 Å². The van der Waals surface area contributed by atoms with Gasteiger partial charge >= 0.3 is 5.97 Å². The number of rotatable bonds is 5. The number of likely N-dealkylation sites (tertiary alicyclic amines) is 1. The summed E-state index contributed by atoms with van der Waals surface area (Å²) in [4.78, 5) is 17.4. The molecule has 2 fully saturated rings. The maximum Gasteiger partial charge on any atom is 0.309 e. The van der Waals surface area contributed by atoms with Crippen LogP contribution in [-0.2, 0) is 11.2 Å². The number of carboxylic acid groups (broad SMARTS) is 1. The molecule has 1 atom stereocenters. The zero-order valence-electron chi connectivity index (χ0n) is 10.1. The Balaban J connectivity index is 1.53. The molecule has 18 heavy (non-hydrogen) atoms. The lowest BCUT2D eigenvalue weighted by atomic mass is 10.3. The predicted octanol–water partition coefficient (Wildman–Crippen LogP) is 1.42. The number of hydrogen-bond acceptors (Lipinski definition) is 5. The van der Waals surface area contributed by atoms with Crippen LogP contribution in [0.3, 0.4) is 0 Å². The maximum atomic E-state index is 10.6. The summed E-state index contributed by atoms with van der Waals surface area (Å²) in [6.45, 7) is 2.27. The summed E-state index contributed by atoms with van der Waals surface area (Å²) in [5, 5.41) is 14.8. The van der Waals surface area contributed by atoms with E-state index in [0.717, 1.165) is 24.1 Å². The molecule has 2 aliphatic rings. The van der Waals surface area contributed by atoms with Crippen LogP contribution in [0.5, 0.6) is 0 Å². The quantitative estimate of drug-likeness (QED) is 0.844. The van der Waals surface area contributed by atoms with Crippen molar-refractivity contribution in [3.8, 4) is 0 Å². The number of thiazole rings is 1. The zero-order valence-corrected chi connectivity index (χ0v) is 10.9. The number of carboxylic acids is 1. The van der Waals surface area contributed by atoms with Crippen molar-refractivity contribution in [2.75, 3.05) is 18.4 Å². The summed E-state index contributed by atoms with van der Waals surface area (Å²) >= 11 is 1.50. The topological polar surface area (TPSA) is 65.5 Å². The molecule has 0 bridgehead atoms. The monoisotopic (exact) mass is 267 g/mol. The lowest BCUT2D eigenvalue weighted by Gasteiger charge is -2.15. The molecule has 2 N–H and O–H groups in total. The van der Waals surface area contributed by atoms with Gasteiger partial charge in [-0.15, -0.1) is 11.3 Å². The maximum absolute atomic E-state index is 10.6. The standard InChI is InChI=1S/C12H17N3O2S/c16-11(17)5-9-7-18-12(14-9)13-8-3-4-15(6-8)10-1-2-10/h7-8,10H,1-6H2,(H,13,14)(H,16,17). The molecule has 2 heterocycles. The zero-order chi connectivity index (χ0) is 12.5. The number of aromatic nitrogens is 1. The van der Waals surface area contributed by atoms with Crippen LogP contribution in [0.2, 0.25) is 0 Å². The third kappa shape index (κ3) is 2.81. The van der Waals surface area contributed by atoms with Gasteiger partial charge in [-0.1, -0.05) is 0 Å². The summed E-state index contributed by atoms with van der Waals surface area (Å²) in [7, 11) is 0. The van der Waals surface area contributed by atoms with Gasteiger partial charge in [0.05, 0.1) is 12.1 Å². The Hall–Kier alpha value is -1.14. The van der Waals surface area contributed by atoms with Gasteiger partial charge in [-0.2, -0.15) is 0 Å². The largest absolute Gasteiger partial charge is 0.481 e. The van der Waals surface area contributed by atoms with Gasteiger partial charge < -0.3 is 10.4 Å². The molecule has 1 aliphatic heterocycles. The van der Waals surface area contributed by atoms with Gasteiger partial charge in [-0.05, 0) is 19.3 Å². The SMILES string of the molecule is O=C(O)Cc1csc(NC2CCN(C3CC3)C2)n1. The summed E-state index contributed by atoms with van der Waals surface area (Å²) in [6, 6.07) is 1.30. The molecule has 3 rings (SSSR count). The number of carbonyl (C=O) groups is 1. The van der Waals surface area contributed by atoms with Crippen LogP contribution in [-0.4, -0.2) is 46.1 Å². The molecule has 6 heteroatoms. The lowest BCUT2D eigenvalue weighted by molar-refractivity contribution is -0.136. The Morgan fingerprint density at radius 2 is 2.39 bits per heavy atom. The summed E-state index contributed by atoms with van der Waals surface area (Å²) in [5.74, 6) is -0.826. The fraction of sp³-hybridized carbons (Fsp3) is 0.667. The molecular formula is C12H17N3O2S. The minimum Gasteiger partial charge on any atom is -0.481 e. The average molecular weight is 267 g/mol. The van der Waals surface area contributed by atoms with Crippen molar-refractivity contribution in [3.05, 3.63) is 11.1 Å². The molecule has 5 nitrogen and oxygen atoms in total. The van der Waals surface area contributed by atoms with Gasteiger partial charge in [0, 0.05) is 30.6 Å². The van der Waals surface area contributed by atoms with Gasteiger partial charge in [0.2, 0.25) is 0 Å². The van der Waals surface area contributed by atoms with E-state index in [4.69, 9.17) is 5.11 Å². The van der Waals surface area contributed by atoms with Crippen molar-refractivity contribution >= 4 is 22.4 Å². The highest BCUT2D eigenvalue weighted by Gasteiger charge is 2.34. The Labute approximate surface area is 110 Å². The van der Waals surface area contributed by atoms with Crippen LogP contribution >= 0.6 is 11.3 Å². The first kappa shape index (κ1) is 11.9. The van der Waals surface area contributed by atoms with Crippen LogP contribution in [0.25, 0.3) is 0 Å². The van der Waals surface area contributed by atoms with Gasteiger partial charge in [0.1, 0.15) is 0 Å². The number of aliphatic carboxylic acids is 1. The third-order valence-electron chi connectivity index (χ3n) is 3.49. The van der Waals surface area contributed by atoms with Crippen molar-refractivity contribution in [1.29, 1.82) is 0 Å². The first-order valence-electron chi connectivity index (χ1n) is 6.37. The van der Waals surface area contributed by atoms with Gasteiger partial charge in [0.25, 0.3) is 0 Å². The van der Waals surface area contributed by atoms with E-state index >= 15 is 0 Å². The molecule has 1 aromatic heterocycles. The highest BCUT2D eigenvalue weighted by Crippen LogP contribution is 2.30. The second kappa shape index (κ2) is 4.85. The molecular weight excluding hydrogens is 250 g/mol. The third-order valence-corrected chi connectivity index (χ3v) is 4.32. The van der Waals surface area contributed by atoms with E-state index < -0.39 is 5.97 Å². The van der Waals surface area contributed by atoms with Gasteiger partial charge in [0.15, 0.2) is 5.13 Å². The molecule has 0 spiro atoms. The molecule has 1 aromatic rings. The van der Waals surface area contributed by atoms with Gasteiger partial charge in [-0.3, -0.25) is 9.69 Å². The molecule has 1 unspecified atom stereocenters. The predicted molar refractivity (Wildman–Crippen MR) is 70.1 cm³/mol. The second-order valence-corrected chi connectivity index (χ2v) is 5.93. The van der Waals surface area contributed by atoms with E-state index in [2.05, 4.69) is 15.2 Å². The molecule has 0 radical (unpaired) electrons. The summed E-state index contributed by atoms with van der Waals surface area (Å²) < 4.78 is 0. The fourth-order valence-corrected chi connectivity index (χ4v) is 3.25. The first-order chi connectivity index (χ1) is 8.70. The molecule has 1 saturated carbocycles. The molecule has 0 amide bonds. The van der Waals surface area contributed by atoms with Crippen LogP contribution < -0.4 is 5.32 Å². The van der Waals surface area contributed by atoms with Crippen molar-refractivity contribution in [1.82, 2.24) is 9.88 Å². The Morgan fingerprint density at radius 3 is 3.11 bits per heavy atom. The highest BCUT2D eigenvalue weighted by atomic mass is 32.1. The van der Waals surface area contributed by atoms with E-state index in [1.54, 1.807) is 0 Å². The molecule has 98 valence electrons. The van der Waals surface area contributed by atoms with Crippen LogP contribution in [0.1, 0.15) is 25.0 Å². The molecule has 0 aromatic carbocycles. The molecule has 1 aliphatic carbocycles. The van der Waals surface area contributed by atoms with E-state index in [1.165, 1.54) is 30.7 Å². The number of hydrogen-bond donors (Lipinski definition) is 2. The Morgan fingerprint density at radius 1 is 1.56 bits per heavy atom. The van der Waals surface area contributed by atoms with Crippen LogP contribution in [0.15, 0.2) is 5.38 Å². The minimum absolute atomic E-state index is 0.0110. The van der Waals surface area contributed by atoms with Crippen molar-refractivity contribution in [2.45, 2.75) is 37.8 Å². The number of anilines is 1. The summed E-state index contributed by atoms with van der Waals surface area (Å²) in [5.41, 5.74) is 0.645. The minimum atomic E-state index is -0.826. The second-order valence-electron chi connectivity index (χ2n) is 5.07. The van der Waals surface area contributed by atoms with Gasteiger partial charge in [-0.25, -0.2) is 4.98 Å². The average Bonchev–Trinajstić information content (AvgIpc) is 2.92. The van der Waals surface area contributed by atoms with E-state index in [1.807, 2.05) is 5.38 Å². The van der Waals surface area contributed by atoms with E-state index in [0.29, 0.717) is 11.7 Å². The Kier molecular flexibility index (Phi) is 3.22. The number of nitrogens with one attached hydrogen (secondary N) is 1. The highest BCUT2D eigenvalue weighted by molar-refractivity contribution is 7.13. The van der Waals surface area contributed by atoms with E-state index in [9.17, 15) is 4.79 Å². The first-order valence-corrected chi connectivity index (χ1v) is 7.25. The lowest BCUT2D eigenvalue weighted by Crippen LogP contribution is -2.27.